The van der Waals surface area contributed by atoms with Crippen molar-refractivity contribution in [3.8, 4) is 0 Å². The molecule has 1 heterocycles. The number of rotatable bonds is 4. The largest absolute Gasteiger partial charge is 0.280 e. The number of nitrogens with zero attached hydrogens (tertiary/aromatic N) is 1. The fourth-order valence-electron chi connectivity index (χ4n) is 1.98. The zero-order valence-electron chi connectivity index (χ0n) is 12.1. The number of hydrogen-bond acceptors (Lipinski definition) is 3. The molecule has 2 aromatic rings. The van der Waals surface area contributed by atoms with Crippen molar-refractivity contribution < 1.29 is 8.42 Å². The van der Waals surface area contributed by atoms with Crippen molar-refractivity contribution in [3.05, 3.63) is 41.1 Å². The summed E-state index contributed by atoms with van der Waals surface area (Å²) in [5, 5.41) is 6.81. The van der Waals surface area contributed by atoms with Crippen LogP contribution < -0.4 is 4.72 Å². The first-order chi connectivity index (χ1) is 9.29. The highest BCUT2D eigenvalue weighted by molar-refractivity contribution is 7.92. The fourth-order valence-corrected chi connectivity index (χ4v) is 3.20. The molecule has 0 atom stereocenters. The second-order valence-corrected chi connectivity index (χ2v) is 6.89. The predicted molar refractivity (Wildman–Crippen MR) is 79.4 cm³/mol. The van der Waals surface area contributed by atoms with Gasteiger partial charge in [0.25, 0.3) is 10.0 Å². The van der Waals surface area contributed by atoms with E-state index in [1.807, 2.05) is 26.8 Å². The van der Waals surface area contributed by atoms with E-state index in [0.717, 1.165) is 16.8 Å². The Bertz CT molecular complexity index is 718. The van der Waals surface area contributed by atoms with Gasteiger partial charge in [-0.05, 0) is 31.4 Å². The highest BCUT2D eigenvalue weighted by Gasteiger charge is 2.18. The minimum atomic E-state index is -3.61. The van der Waals surface area contributed by atoms with Crippen molar-refractivity contribution in [2.45, 2.75) is 38.5 Å². The highest BCUT2D eigenvalue weighted by Crippen LogP contribution is 2.21. The van der Waals surface area contributed by atoms with Crippen LogP contribution in [-0.2, 0) is 10.0 Å². The van der Waals surface area contributed by atoms with Crippen molar-refractivity contribution in [1.82, 2.24) is 10.2 Å². The van der Waals surface area contributed by atoms with Crippen molar-refractivity contribution in [2.24, 2.45) is 0 Å². The number of H-pyrrole nitrogens is 1. The summed E-state index contributed by atoms with van der Waals surface area (Å²) < 4.78 is 27.2. The summed E-state index contributed by atoms with van der Waals surface area (Å²) in [6.45, 7) is 7.73. The van der Waals surface area contributed by atoms with Gasteiger partial charge >= 0.3 is 0 Å². The van der Waals surface area contributed by atoms with Gasteiger partial charge in [-0.15, -0.1) is 0 Å². The standard InChI is InChI=1S/C14H19N3O2S/c1-9(2)12-8-14(16-15-12)17-20(18,19)13-6-5-10(3)7-11(13)4/h5-9H,1-4H3,(H2,15,16,17). The summed E-state index contributed by atoms with van der Waals surface area (Å²) >= 11 is 0. The van der Waals surface area contributed by atoms with Gasteiger partial charge in [-0.3, -0.25) is 9.82 Å². The van der Waals surface area contributed by atoms with Crippen LogP contribution in [0.5, 0.6) is 0 Å². The molecule has 0 bridgehead atoms. The second kappa shape index (κ2) is 5.28. The third-order valence-corrected chi connectivity index (χ3v) is 4.59. The summed E-state index contributed by atoms with van der Waals surface area (Å²) in [5.41, 5.74) is 2.64. The van der Waals surface area contributed by atoms with E-state index in [-0.39, 0.29) is 10.8 Å². The quantitative estimate of drug-likeness (QED) is 0.910. The minimum absolute atomic E-state index is 0.266. The number of aromatic amines is 1. The van der Waals surface area contributed by atoms with Crippen molar-refractivity contribution in [3.63, 3.8) is 0 Å². The normalized spacial score (nSPS) is 11.8. The molecule has 0 aliphatic heterocycles. The maximum absolute atomic E-state index is 12.3. The van der Waals surface area contributed by atoms with Crippen LogP contribution in [0.3, 0.4) is 0 Å². The molecule has 1 aromatic carbocycles. The monoisotopic (exact) mass is 293 g/mol. The number of benzene rings is 1. The van der Waals surface area contributed by atoms with Crippen LogP contribution in [0, 0.1) is 13.8 Å². The van der Waals surface area contributed by atoms with Gasteiger partial charge in [0.2, 0.25) is 0 Å². The number of aryl methyl sites for hydroxylation is 2. The van der Waals surface area contributed by atoms with Gasteiger partial charge in [0.05, 0.1) is 4.90 Å². The molecule has 20 heavy (non-hydrogen) atoms. The number of sulfonamides is 1. The number of hydrogen-bond donors (Lipinski definition) is 2. The van der Waals surface area contributed by atoms with Crippen molar-refractivity contribution in [1.29, 1.82) is 0 Å². The molecule has 0 aliphatic carbocycles. The van der Waals surface area contributed by atoms with Gasteiger partial charge in [-0.1, -0.05) is 31.5 Å². The predicted octanol–water partition coefficient (Wildman–Crippen LogP) is 2.95. The van der Waals surface area contributed by atoms with E-state index in [1.54, 1.807) is 25.1 Å². The molecule has 0 unspecified atom stereocenters. The molecule has 0 saturated carbocycles. The van der Waals surface area contributed by atoms with E-state index >= 15 is 0 Å². The van der Waals surface area contributed by atoms with E-state index in [2.05, 4.69) is 14.9 Å². The van der Waals surface area contributed by atoms with Crippen LogP contribution in [0.1, 0.15) is 36.6 Å². The maximum Gasteiger partial charge on any atom is 0.263 e. The fraction of sp³-hybridized carbons (Fsp3) is 0.357. The summed E-state index contributed by atoms with van der Waals surface area (Å²) in [6, 6.07) is 6.96. The van der Waals surface area contributed by atoms with E-state index < -0.39 is 10.0 Å². The number of aromatic nitrogens is 2. The van der Waals surface area contributed by atoms with Gasteiger partial charge in [-0.2, -0.15) is 5.10 Å². The first kappa shape index (κ1) is 14.6. The molecule has 0 amide bonds. The molecule has 0 radical (unpaired) electrons. The zero-order chi connectivity index (χ0) is 14.9. The molecular formula is C14H19N3O2S. The van der Waals surface area contributed by atoms with E-state index in [4.69, 9.17) is 0 Å². The van der Waals surface area contributed by atoms with Gasteiger partial charge in [0.15, 0.2) is 5.82 Å². The molecule has 0 spiro atoms. The lowest BCUT2D eigenvalue weighted by molar-refractivity contribution is 0.600. The summed E-state index contributed by atoms with van der Waals surface area (Å²) in [6.07, 6.45) is 0. The molecule has 2 N–H and O–H groups in total. The van der Waals surface area contributed by atoms with Crippen LogP contribution in [0.2, 0.25) is 0 Å². The first-order valence-corrected chi connectivity index (χ1v) is 7.93. The van der Waals surface area contributed by atoms with E-state index in [1.165, 1.54) is 0 Å². The topological polar surface area (TPSA) is 74.8 Å². The van der Waals surface area contributed by atoms with Gasteiger partial charge in [-0.25, -0.2) is 8.42 Å². The maximum atomic E-state index is 12.3. The van der Waals surface area contributed by atoms with Crippen LogP contribution in [-0.4, -0.2) is 18.6 Å². The minimum Gasteiger partial charge on any atom is -0.280 e. The first-order valence-electron chi connectivity index (χ1n) is 6.45. The van der Waals surface area contributed by atoms with Crippen LogP contribution in [0.15, 0.2) is 29.2 Å². The Kier molecular flexibility index (Phi) is 3.85. The summed E-state index contributed by atoms with van der Waals surface area (Å²) in [4.78, 5) is 0.275. The lowest BCUT2D eigenvalue weighted by Crippen LogP contribution is -2.14. The van der Waals surface area contributed by atoms with Crippen LogP contribution >= 0.6 is 0 Å². The van der Waals surface area contributed by atoms with Crippen LogP contribution in [0.4, 0.5) is 5.82 Å². The molecule has 1 aromatic heterocycles. The Morgan fingerprint density at radius 3 is 2.45 bits per heavy atom. The van der Waals surface area contributed by atoms with Gasteiger partial charge in [0, 0.05) is 11.8 Å². The van der Waals surface area contributed by atoms with E-state index in [0.29, 0.717) is 5.82 Å². The highest BCUT2D eigenvalue weighted by atomic mass is 32.2. The number of nitrogens with one attached hydrogen (secondary N) is 2. The Morgan fingerprint density at radius 1 is 1.20 bits per heavy atom. The molecule has 0 fully saturated rings. The molecule has 2 rings (SSSR count). The molecule has 5 nitrogen and oxygen atoms in total. The Balaban J connectivity index is 2.30. The van der Waals surface area contributed by atoms with E-state index in [9.17, 15) is 8.42 Å². The lowest BCUT2D eigenvalue weighted by Gasteiger charge is -2.08. The molecule has 0 saturated heterocycles. The third-order valence-electron chi connectivity index (χ3n) is 3.08. The molecular weight excluding hydrogens is 274 g/mol. The second-order valence-electron chi connectivity index (χ2n) is 5.24. The molecule has 0 aliphatic rings. The average Bonchev–Trinajstić information content (AvgIpc) is 2.76. The lowest BCUT2D eigenvalue weighted by atomic mass is 10.1. The van der Waals surface area contributed by atoms with Crippen LogP contribution in [0.25, 0.3) is 0 Å². The Labute approximate surface area is 119 Å². The SMILES string of the molecule is Cc1ccc(S(=O)(=O)Nc2cc(C(C)C)[nH]n2)c(C)c1. The molecule has 6 heteroatoms. The smallest absolute Gasteiger partial charge is 0.263 e. The van der Waals surface area contributed by atoms with Crippen molar-refractivity contribution >= 4 is 15.8 Å². The Morgan fingerprint density at radius 2 is 1.90 bits per heavy atom. The van der Waals surface area contributed by atoms with Gasteiger partial charge < -0.3 is 0 Å². The van der Waals surface area contributed by atoms with Gasteiger partial charge in [0.1, 0.15) is 0 Å². The summed E-state index contributed by atoms with van der Waals surface area (Å²) in [7, 11) is -3.61. The summed E-state index contributed by atoms with van der Waals surface area (Å²) in [5.74, 6) is 0.579. The Hall–Kier alpha value is -1.82. The average molecular weight is 293 g/mol. The van der Waals surface area contributed by atoms with Crippen molar-refractivity contribution in [2.75, 3.05) is 4.72 Å². The zero-order valence-corrected chi connectivity index (χ0v) is 12.9. The molecule has 108 valence electrons. The number of anilines is 1. The third kappa shape index (κ3) is 3.01.